The fraction of sp³-hybridized carbons (Fsp3) is 0.545. The average Bonchev–Trinajstić information content (AvgIpc) is 2.49. The Morgan fingerprint density at radius 3 is 2.63 bits per heavy atom. The molecule has 1 unspecified atom stereocenters. The predicted molar refractivity (Wildman–Crippen MR) is 75.5 cm³/mol. The Balaban J connectivity index is 2.51. The van der Waals surface area contributed by atoms with E-state index in [1.54, 1.807) is 13.1 Å². The standard InChI is InChI=1S/C11H13B2ClN4O/c1-6(2)8-11(12,13)17(3)10(19)18(8)7-4-5-15-9(14)16-7/h4-6,8H,1-3H3. The van der Waals surface area contributed by atoms with E-state index < -0.39 is 11.4 Å². The molecule has 0 aromatic carbocycles. The van der Waals surface area contributed by atoms with Gasteiger partial charge < -0.3 is 4.90 Å². The fourth-order valence-electron chi connectivity index (χ4n) is 2.38. The molecule has 0 N–H and O–H groups in total. The van der Waals surface area contributed by atoms with Crippen LogP contribution >= 0.6 is 11.6 Å². The van der Waals surface area contributed by atoms with E-state index in [1.807, 2.05) is 13.8 Å². The summed E-state index contributed by atoms with van der Waals surface area (Å²) in [4.78, 5) is 23.0. The van der Waals surface area contributed by atoms with E-state index in [4.69, 9.17) is 27.3 Å². The SMILES string of the molecule is [B]C1([B])C(C(C)C)N(c2ccnc(Cl)n2)C(=O)N1C. The molecule has 1 fully saturated rings. The van der Waals surface area contributed by atoms with Crippen LogP contribution in [0.4, 0.5) is 10.6 Å². The lowest BCUT2D eigenvalue weighted by Gasteiger charge is -2.37. The maximum Gasteiger partial charge on any atom is 0.324 e. The van der Waals surface area contributed by atoms with Crippen molar-refractivity contribution >= 4 is 39.1 Å². The van der Waals surface area contributed by atoms with Gasteiger partial charge >= 0.3 is 6.03 Å². The Bertz CT molecular complexity index is 511. The number of nitrogens with zero attached hydrogens (tertiary/aromatic N) is 4. The lowest BCUT2D eigenvalue weighted by atomic mass is 9.55. The van der Waals surface area contributed by atoms with Crippen LogP contribution in [0.1, 0.15) is 13.8 Å². The molecule has 19 heavy (non-hydrogen) atoms. The molecule has 0 saturated carbocycles. The van der Waals surface area contributed by atoms with Gasteiger partial charge in [0.15, 0.2) is 0 Å². The van der Waals surface area contributed by atoms with Crippen molar-refractivity contribution in [2.75, 3.05) is 11.9 Å². The monoisotopic (exact) mass is 274 g/mol. The van der Waals surface area contributed by atoms with Crippen LogP contribution in [0, 0.1) is 5.92 Å². The molecule has 0 aliphatic carbocycles. The molecular formula is C11H13B2ClN4O. The molecule has 2 amide bonds. The molecular weight excluding hydrogens is 261 g/mol. The molecule has 1 aliphatic heterocycles. The summed E-state index contributed by atoms with van der Waals surface area (Å²) in [5.74, 6) is 0.450. The second-order valence-corrected chi connectivity index (χ2v) is 5.31. The number of aromatic nitrogens is 2. The summed E-state index contributed by atoms with van der Waals surface area (Å²) >= 11 is 5.77. The maximum atomic E-state index is 12.3. The van der Waals surface area contributed by atoms with Crippen molar-refractivity contribution in [3.63, 3.8) is 0 Å². The first-order valence-corrected chi connectivity index (χ1v) is 6.28. The molecule has 1 aliphatic rings. The first-order chi connectivity index (χ1) is 8.76. The highest BCUT2D eigenvalue weighted by atomic mass is 35.5. The molecule has 2 heterocycles. The van der Waals surface area contributed by atoms with E-state index in [-0.39, 0.29) is 17.2 Å². The number of halogens is 1. The van der Waals surface area contributed by atoms with Crippen LogP contribution in [0.25, 0.3) is 0 Å². The molecule has 1 aromatic heterocycles. The van der Waals surface area contributed by atoms with Crippen LogP contribution in [0.15, 0.2) is 12.3 Å². The summed E-state index contributed by atoms with van der Waals surface area (Å²) in [6.07, 6.45) is 1.49. The number of amides is 2. The van der Waals surface area contributed by atoms with Gasteiger partial charge in [-0.05, 0) is 28.9 Å². The van der Waals surface area contributed by atoms with Crippen molar-refractivity contribution in [2.45, 2.75) is 25.2 Å². The van der Waals surface area contributed by atoms with E-state index in [1.165, 1.54) is 16.0 Å². The van der Waals surface area contributed by atoms with Gasteiger partial charge in [0, 0.05) is 19.3 Å². The Labute approximate surface area is 120 Å². The van der Waals surface area contributed by atoms with Crippen LogP contribution in [0.2, 0.25) is 5.28 Å². The molecule has 2 rings (SSSR count). The molecule has 8 heteroatoms. The highest BCUT2D eigenvalue weighted by Gasteiger charge is 2.50. The van der Waals surface area contributed by atoms with Crippen LogP contribution in [-0.4, -0.2) is 55.0 Å². The maximum absolute atomic E-state index is 12.3. The van der Waals surface area contributed by atoms with E-state index >= 15 is 0 Å². The quantitative estimate of drug-likeness (QED) is 0.597. The third-order valence-corrected chi connectivity index (χ3v) is 3.50. The second kappa shape index (κ2) is 4.71. The Hall–Kier alpha value is -1.23. The minimum absolute atomic E-state index is 0.0534. The smallest absolute Gasteiger partial charge is 0.324 e. The van der Waals surface area contributed by atoms with Gasteiger partial charge in [-0.15, -0.1) is 0 Å². The van der Waals surface area contributed by atoms with Crippen LogP contribution < -0.4 is 4.90 Å². The molecule has 0 spiro atoms. The zero-order valence-electron chi connectivity index (χ0n) is 11.0. The number of carbonyl (C=O) groups is 1. The lowest BCUT2D eigenvalue weighted by Crippen LogP contribution is -2.54. The molecule has 96 valence electrons. The first-order valence-electron chi connectivity index (χ1n) is 5.90. The minimum atomic E-state index is -1.26. The summed E-state index contributed by atoms with van der Waals surface area (Å²) in [5.41, 5.74) is 0. The number of carbonyl (C=O) groups excluding carboxylic acids is 1. The van der Waals surface area contributed by atoms with Crippen LogP contribution in [0.5, 0.6) is 0 Å². The van der Waals surface area contributed by atoms with Crippen molar-refractivity contribution < 1.29 is 4.79 Å². The van der Waals surface area contributed by atoms with Crippen molar-refractivity contribution in [3.05, 3.63) is 17.5 Å². The van der Waals surface area contributed by atoms with Crippen LogP contribution in [-0.2, 0) is 0 Å². The zero-order valence-corrected chi connectivity index (χ0v) is 11.8. The van der Waals surface area contributed by atoms with Gasteiger partial charge in [0.1, 0.15) is 5.82 Å². The number of hydrogen-bond acceptors (Lipinski definition) is 3. The zero-order chi connectivity index (χ0) is 14.4. The van der Waals surface area contributed by atoms with E-state index in [0.29, 0.717) is 5.82 Å². The van der Waals surface area contributed by atoms with Gasteiger partial charge in [-0.25, -0.2) is 14.8 Å². The summed E-state index contributed by atoms with van der Waals surface area (Å²) in [6.45, 7) is 3.89. The molecule has 1 aromatic rings. The van der Waals surface area contributed by atoms with Gasteiger partial charge in [-0.3, -0.25) is 4.90 Å². The summed E-state index contributed by atoms with van der Waals surface area (Å²) < 4.78 is 0. The van der Waals surface area contributed by atoms with E-state index in [9.17, 15) is 4.79 Å². The van der Waals surface area contributed by atoms with Gasteiger partial charge in [0.25, 0.3) is 0 Å². The lowest BCUT2D eigenvalue weighted by molar-refractivity contribution is 0.221. The van der Waals surface area contributed by atoms with Crippen molar-refractivity contribution in [3.8, 4) is 0 Å². The van der Waals surface area contributed by atoms with Crippen molar-refractivity contribution in [1.82, 2.24) is 14.9 Å². The topological polar surface area (TPSA) is 49.3 Å². The Kier molecular flexibility index (Phi) is 3.51. The highest BCUT2D eigenvalue weighted by Crippen LogP contribution is 2.34. The third kappa shape index (κ3) is 2.20. The number of rotatable bonds is 2. The Morgan fingerprint density at radius 2 is 2.11 bits per heavy atom. The molecule has 1 saturated heterocycles. The Morgan fingerprint density at radius 1 is 1.47 bits per heavy atom. The highest BCUT2D eigenvalue weighted by molar-refractivity contribution is 6.43. The van der Waals surface area contributed by atoms with E-state index in [0.717, 1.165) is 0 Å². The summed E-state index contributed by atoms with van der Waals surface area (Å²) in [6, 6.07) is 0.892. The molecule has 5 nitrogen and oxygen atoms in total. The van der Waals surface area contributed by atoms with Gasteiger partial charge in [-0.2, -0.15) is 0 Å². The normalized spacial score (nSPS) is 22.4. The second-order valence-electron chi connectivity index (χ2n) is 4.97. The summed E-state index contributed by atoms with van der Waals surface area (Å²) in [7, 11) is 13.7. The van der Waals surface area contributed by atoms with Crippen molar-refractivity contribution in [1.29, 1.82) is 0 Å². The summed E-state index contributed by atoms with van der Waals surface area (Å²) in [5, 5.41) is -1.19. The van der Waals surface area contributed by atoms with Crippen LogP contribution in [0.3, 0.4) is 0 Å². The number of urea groups is 1. The largest absolute Gasteiger partial charge is 0.337 e. The van der Waals surface area contributed by atoms with Gasteiger partial charge in [-0.1, -0.05) is 13.8 Å². The van der Waals surface area contributed by atoms with Gasteiger partial charge in [0.05, 0.1) is 15.7 Å². The average molecular weight is 274 g/mol. The third-order valence-electron chi connectivity index (χ3n) is 3.32. The molecule has 1 atom stereocenters. The number of anilines is 1. The molecule has 0 bridgehead atoms. The molecule has 4 radical (unpaired) electrons. The van der Waals surface area contributed by atoms with Crippen molar-refractivity contribution in [2.24, 2.45) is 5.92 Å². The minimum Gasteiger partial charge on any atom is -0.337 e. The predicted octanol–water partition coefficient (Wildman–Crippen LogP) is 1.02. The number of likely N-dealkylation sites (N-methyl/N-ethyl adjacent to an activating group) is 1. The van der Waals surface area contributed by atoms with E-state index in [2.05, 4.69) is 9.97 Å². The number of hydrogen-bond donors (Lipinski definition) is 0. The van der Waals surface area contributed by atoms with Gasteiger partial charge in [0.2, 0.25) is 5.28 Å². The first kappa shape index (κ1) is 14.2. The fourth-order valence-corrected chi connectivity index (χ4v) is 2.53.